The molecule has 0 aliphatic rings. The number of aldehydes is 1. The van der Waals surface area contributed by atoms with E-state index < -0.39 is 0 Å². The van der Waals surface area contributed by atoms with Gasteiger partial charge in [0.1, 0.15) is 6.29 Å². The van der Waals surface area contributed by atoms with Gasteiger partial charge in [-0.15, -0.1) is 0 Å². The highest BCUT2D eigenvalue weighted by Gasteiger charge is 2.09. The Morgan fingerprint density at radius 1 is 1.32 bits per heavy atom. The summed E-state index contributed by atoms with van der Waals surface area (Å²) in [6.45, 7) is 14.6. The predicted molar refractivity (Wildman–Crippen MR) is 124 cm³/mol. The van der Waals surface area contributed by atoms with Crippen LogP contribution in [0.1, 0.15) is 54.0 Å². The van der Waals surface area contributed by atoms with E-state index in [4.69, 9.17) is 4.74 Å². The van der Waals surface area contributed by atoms with Gasteiger partial charge < -0.3 is 19.6 Å². The highest BCUT2D eigenvalue weighted by Crippen LogP contribution is 2.08. The van der Waals surface area contributed by atoms with Crippen LogP contribution in [0.3, 0.4) is 0 Å². The van der Waals surface area contributed by atoms with Crippen molar-refractivity contribution < 1.29 is 14.3 Å². The summed E-state index contributed by atoms with van der Waals surface area (Å²) in [4.78, 5) is 31.1. The lowest BCUT2D eigenvalue weighted by Crippen LogP contribution is -2.20. The molecule has 0 amide bonds. The number of hydrogen-bond donors (Lipinski definition) is 2. The molecule has 0 bridgehead atoms. The molecule has 174 valence electrons. The molecule has 0 aromatic carbocycles. The number of rotatable bonds is 9. The Morgan fingerprint density at radius 3 is 2.48 bits per heavy atom. The van der Waals surface area contributed by atoms with Crippen LogP contribution in [0, 0.1) is 0 Å². The van der Waals surface area contributed by atoms with Crippen molar-refractivity contribution in [2.45, 2.75) is 67.1 Å². The van der Waals surface area contributed by atoms with Gasteiger partial charge in [0, 0.05) is 37.6 Å². The Balaban J connectivity index is 0.00000134. The summed E-state index contributed by atoms with van der Waals surface area (Å²) in [5.41, 5.74) is 0.766. The van der Waals surface area contributed by atoms with Gasteiger partial charge in [-0.2, -0.15) is 9.50 Å². The molecule has 1 unspecified atom stereocenters. The fourth-order valence-corrected chi connectivity index (χ4v) is 2.24. The van der Waals surface area contributed by atoms with Gasteiger partial charge in [-0.3, -0.25) is 9.89 Å². The normalized spacial score (nSPS) is 12.2. The molecular weight excluding hydrogens is 398 g/mol. The second-order valence-electron chi connectivity index (χ2n) is 6.36. The third-order valence-electron chi connectivity index (χ3n) is 3.64. The summed E-state index contributed by atoms with van der Waals surface area (Å²) in [6, 6.07) is 0. The molecule has 2 N–H and O–H groups in total. The van der Waals surface area contributed by atoms with Crippen molar-refractivity contribution in [2.75, 3.05) is 19.0 Å². The molecule has 31 heavy (non-hydrogen) atoms. The zero-order valence-electron chi connectivity index (χ0n) is 19.9. The lowest BCUT2D eigenvalue weighted by atomic mass is 10.3. The molecule has 2 aromatic heterocycles. The number of nitrogens with zero attached hydrogens (tertiary/aromatic N) is 3. The van der Waals surface area contributed by atoms with Gasteiger partial charge in [-0.25, -0.2) is 4.98 Å². The number of carbonyl (C=O) groups excluding carboxylic acids is 1. The largest absolute Gasteiger partial charge is 0.385 e. The molecule has 0 saturated heterocycles. The number of carbonyl (C=O) groups is 1. The lowest BCUT2D eigenvalue weighted by molar-refractivity contribution is -0.107. The van der Waals surface area contributed by atoms with Crippen LogP contribution in [0.2, 0.25) is 0 Å². The quantitative estimate of drug-likeness (QED) is 0.458. The van der Waals surface area contributed by atoms with E-state index in [0.29, 0.717) is 17.8 Å². The first-order valence-corrected chi connectivity index (χ1v) is 10.5. The van der Waals surface area contributed by atoms with Crippen LogP contribution in [0.4, 0.5) is 5.95 Å². The monoisotopic (exact) mass is 435 g/mol. The van der Waals surface area contributed by atoms with Gasteiger partial charge in [0.15, 0.2) is 0 Å². The summed E-state index contributed by atoms with van der Waals surface area (Å²) in [6.07, 6.45) is 7.87. The number of H-pyrrole nitrogens is 1. The van der Waals surface area contributed by atoms with Gasteiger partial charge in [0.25, 0.3) is 11.3 Å². The van der Waals surface area contributed by atoms with Crippen molar-refractivity contribution >= 4 is 18.0 Å². The van der Waals surface area contributed by atoms with Crippen LogP contribution in [-0.2, 0) is 20.7 Å². The average Bonchev–Trinajstić information content (AvgIpc) is 3.18. The molecule has 9 nitrogen and oxygen atoms in total. The summed E-state index contributed by atoms with van der Waals surface area (Å²) < 4.78 is 11.4. The van der Waals surface area contributed by atoms with Crippen molar-refractivity contribution in [1.82, 2.24) is 19.6 Å². The van der Waals surface area contributed by atoms with Crippen molar-refractivity contribution in [3.05, 3.63) is 46.0 Å². The number of allylic oxidation sites excluding steroid dienone is 2. The highest BCUT2D eigenvalue weighted by molar-refractivity contribution is 5.54. The Bertz CT molecular complexity index is 882. The fourth-order valence-electron chi connectivity index (χ4n) is 2.24. The number of hydrogen-bond acceptors (Lipinski definition) is 7. The van der Waals surface area contributed by atoms with Crippen molar-refractivity contribution in [2.24, 2.45) is 0 Å². The predicted octanol–water partition coefficient (Wildman–Crippen LogP) is 3.52. The number of fused-ring (bicyclic) bond motifs is 1. The van der Waals surface area contributed by atoms with Gasteiger partial charge in [0.2, 0.25) is 5.95 Å². The molecule has 2 rings (SSSR count). The molecule has 0 aliphatic heterocycles. The maximum atomic E-state index is 12.2. The molecular formula is C22H37N5O4. The van der Waals surface area contributed by atoms with E-state index in [0.717, 1.165) is 12.3 Å². The van der Waals surface area contributed by atoms with Crippen LogP contribution < -0.4 is 10.9 Å². The molecule has 0 fully saturated rings. The second-order valence-corrected chi connectivity index (χ2v) is 6.36. The summed E-state index contributed by atoms with van der Waals surface area (Å²) in [5, 5.41) is 5.93. The van der Waals surface area contributed by atoms with E-state index >= 15 is 0 Å². The number of methoxy groups -OCH3 is 1. The number of aromatic amines is 1. The smallest absolute Gasteiger partial charge is 0.277 e. The first-order valence-electron chi connectivity index (χ1n) is 10.5. The number of nitrogens with one attached hydrogen (secondary N) is 2. The zero-order valence-corrected chi connectivity index (χ0v) is 19.9. The molecule has 9 heteroatoms. The van der Waals surface area contributed by atoms with E-state index in [1.54, 1.807) is 7.11 Å². The Kier molecular flexibility index (Phi) is 14.5. The van der Waals surface area contributed by atoms with E-state index in [-0.39, 0.29) is 30.0 Å². The van der Waals surface area contributed by atoms with Crippen LogP contribution >= 0.6 is 0 Å². The van der Waals surface area contributed by atoms with Gasteiger partial charge in [-0.1, -0.05) is 26.0 Å². The van der Waals surface area contributed by atoms with Crippen LogP contribution in [0.5, 0.6) is 0 Å². The minimum atomic E-state index is -0.339. The molecule has 2 aromatic rings. The van der Waals surface area contributed by atoms with Crippen LogP contribution in [0.15, 0.2) is 34.9 Å². The van der Waals surface area contributed by atoms with Crippen LogP contribution in [0.25, 0.3) is 5.78 Å². The minimum absolute atomic E-state index is 0.0210. The molecule has 0 radical (unpaired) electrons. The van der Waals surface area contributed by atoms with E-state index in [1.165, 1.54) is 10.7 Å². The van der Waals surface area contributed by atoms with Crippen molar-refractivity contribution in [1.29, 1.82) is 0 Å². The van der Waals surface area contributed by atoms with Gasteiger partial charge >= 0.3 is 0 Å². The number of aromatic nitrogens is 4. The van der Waals surface area contributed by atoms with Crippen LogP contribution in [-0.4, -0.2) is 51.8 Å². The SMILES string of the molecule is C/C=C(\C=C/C(C)OC(C)C)Nc1nc2ncc(CC=O)c(=O)n2[nH]1.CC.CCOC. The highest BCUT2D eigenvalue weighted by atomic mass is 16.5. The molecule has 0 saturated carbocycles. The third kappa shape index (κ3) is 10.2. The molecule has 0 aliphatic carbocycles. The van der Waals surface area contributed by atoms with Gasteiger partial charge in [0.05, 0.1) is 12.2 Å². The summed E-state index contributed by atoms with van der Waals surface area (Å²) in [7, 11) is 1.68. The third-order valence-corrected chi connectivity index (χ3v) is 3.64. The first kappa shape index (κ1) is 28.2. The average molecular weight is 436 g/mol. The maximum Gasteiger partial charge on any atom is 0.277 e. The van der Waals surface area contributed by atoms with Crippen molar-refractivity contribution in [3.8, 4) is 0 Å². The Hall–Kier alpha value is -2.78. The van der Waals surface area contributed by atoms with E-state index in [1.807, 2.05) is 66.7 Å². The van der Waals surface area contributed by atoms with Crippen molar-refractivity contribution in [3.63, 3.8) is 0 Å². The standard InChI is InChI=1S/C17H23N5O3.C3H8O.C2H6/c1-5-14(7-6-12(4)25-11(2)3)19-16-20-17-18-10-13(8-9-23)15(24)22(17)21-16;1-3-4-2;1-2/h5-7,9-12H,8H2,1-4H3,(H2,18,19,20,21);3H2,1-2H3;1-2H3/b7-6-,14-5+;;. The zero-order chi connectivity index (χ0) is 23.8. The number of anilines is 1. The fraction of sp³-hybridized carbons (Fsp3) is 0.545. The van der Waals surface area contributed by atoms with Gasteiger partial charge in [-0.05, 0) is 40.7 Å². The first-order chi connectivity index (χ1) is 14.9. The topological polar surface area (TPSA) is 111 Å². The van der Waals surface area contributed by atoms with E-state index in [2.05, 4.69) is 25.1 Å². The molecule has 0 spiro atoms. The molecule has 2 heterocycles. The van der Waals surface area contributed by atoms with E-state index in [9.17, 15) is 9.59 Å². The molecule has 1 atom stereocenters. The Morgan fingerprint density at radius 2 is 1.97 bits per heavy atom. The maximum absolute atomic E-state index is 12.2. The number of ether oxygens (including phenoxy) is 2. The summed E-state index contributed by atoms with van der Waals surface area (Å²) >= 11 is 0. The second kappa shape index (κ2) is 16.0. The lowest BCUT2D eigenvalue weighted by Gasteiger charge is -2.12. The Labute approximate surface area is 184 Å². The summed E-state index contributed by atoms with van der Waals surface area (Å²) in [5.74, 6) is 0.612. The minimum Gasteiger partial charge on any atom is -0.385 e.